The third kappa shape index (κ3) is 6.49. The average Bonchev–Trinajstić information content (AvgIpc) is 3.10. The van der Waals surface area contributed by atoms with Crippen molar-refractivity contribution in [3.63, 3.8) is 0 Å². The fourth-order valence-corrected chi connectivity index (χ4v) is 7.34. The number of carbonyl (C=O) groups is 4. The van der Waals surface area contributed by atoms with Gasteiger partial charge in [0.1, 0.15) is 0 Å². The summed E-state index contributed by atoms with van der Waals surface area (Å²) >= 11 is 0. The Hall–Kier alpha value is -1.80. The standard InChI is InChI=1S/C15H26N2O2.C14H24N2O2.CH4/c1-10-7-12(18)17(13(10)19)11-8-14(2,3)16(6)15(4,5)9-11;1-9-6-11(17)16(12(9)18)10-7-13(2,3)15-14(4,5)8-10;/h10-11H,7-9H2,1-6H3;9-10,15H,6-8H2,1-5H3;1H4. The number of likely N-dealkylation sites (tertiary alicyclic amines) is 3. The minimum absolute atomic E-state index is 0. The van der Waals surface area contributed by atoms with Crippen molar-refractivity contribution in [1.29, 1.82) is 0 Å². The summed E-state index contributed by atoms with van der Waals surface area (Å²) in [5.41, 5.74) is -0.0881. The number of nitrogens with zero attached hydrogens (tertiary/aromatic N) is 3. The molecule has 0 aromatic heterocycles. The maximum absolute atomic E-state index is 12.2. The van der Waals surface area contributed by atoms with Crippen LogP contribution in [-0.2, 0) is 19.2 Å². The Morgan fingerprint density at radius 1 is 0.632 bits per heavy atom. The Kier molecular flexibility index (Phi) is 9.08. The van der Waals surface area contributed by atoms with E-state index in [4.69, 9.17) is 0 Å². The van der Waals surface area contributed by atoms with Crippen LogP contribution in [0.3, 0.4) is 0 Å². The molecule has 4 saturated heterocycles. The van der Waals surface area contributed by atoms with E-state index in [0.717, 1.165) is 25.7 Å². The fraction of sp³-hybridized carbons (Fsp3) is 0.867. The predicted octanol–water partition coefficient (Wildman–Crippen LogP) is 4.36. The van der Waals surface area contributed by atoms with E-state index in [1.165, 1.54) is 4.90 Å². The van der Waals surface area contributed by atoms with Crippen molar-refractivity contribution in [3.8, 4) is 0 Å². The molecule has 8 heteroatoms. The molecular formula is C30H54N4O4. The zero-order chi connectivity index (χ0) is 28.3. The number of hydrogen-bond donors (Lipinski definition) is 1. The van der Waals surface area contributed by atoms with Crippen LogP contribution in [0, 0.1) is 11.8 Å². The number of nitrogens with one attached hydrogen (secondary N) is 1. The predicted molar refractivity (Wildman–Crippen MR) is 151 cm³/mol. The van der Waals surface area contributed by atoms with Crippen LogP contribution in [0.5, 0.6) is 0 Å². The zero-order valence-corrected chi connectivity index (χ0v) is 25.0. The van der Waals surface area contributed by atoms with Crippen LogP contribution in [0.4, 0.5) is 0 Å². The van der Waals surface area contributed by atoms with Gasteiger partial charge >= 0.3 is 0 Å². The lowest BCUT2D eigenvalue weighted by Gasteiger charge is -2.54. The molecular weight excluding hydrogens is 480 g/mol. The lowest BCUT2D eigenvalue weighted by atomic mass is 9.77. The molecule has 8 nitrogen and oxygen atoms in total. The average molecular weight is 535 g/mol. The molecule has 4 aliphatic heterocycles. The molecule has 0 saturated carbocycles. The molecule has 4 amide bonds. The highest BCUT2D eigenvalue weighted by Gasteiger charge is 2.50. The van der Waals surface area contributed by atoms with E-state index < -0.39 is 0 Å². The summed E-state index contributed by atoms with van der Waals surface area (Å²) < 4.78 is 0. The first-order valence-electron chi connectivity index (χ1n) is 13.9. The van der Waals surface area contributed by atoms with Gasteiger partial charge in [-0.05, 0) is 88.1 Å². The van der Waals surface area contributed by atoms with E-state index in [1.807, 2.05) is 13.8 Å². The number of amides is 4. The van der Waals surface area contributed by atoms with Crippen LogP contribution in [0.15, 0.2) is 0 Å². The van der Waals surface area contributed by atoms with E-state index in [1.54, 1.807) is 4.90 Å². The highest BCUT2D eigenvalue weighted by molar-refractivity contribution is 6.04. The van der Waals surface area contributed by atoms with Crippen molar-refractivity contribution in [1.82, 2.24) is 20.0 Å². The number of carbonyl (C=O) groups excluding carboxylic acids is 4. The number of hydrogen-bond acceptors (Lipinski definition) is 6. The summed E-state index contributed by atoms with van der Waals surface area (Å²) in [4.78, 5) is 53.9. The monoisotopic (exact) mass is 534 g/mol. The van der Waals surface area contributed by atoms with Crippen LogP contribution in [0.2, 0.25) is 0 Å². The topological polar surface area (TPSA) is 90.0 Å². The molecule has 0 radical (unpaired) electrons. The third-order valence-corrected chi connectivity index (χ3v) is 9.00. The normalized spacial score (nSPS) is 31.2. The fourth-order valence-electron chi connectivity index (χ4n) is 7.34. The first-order valence-corrected chi connectivity index (χ1v) is 13.9. The van der Waals surface area contributed by atoms with Gasteiger partial charge in [0.05, 0.1) is 0 Å². The molecule has 4 rings (SSSR count). The van der Waals surface area contributed by atoms with Crippen molar-refractivity contribution in [3.05, 3.63) is 0 Å². The maximum Gasteiger partial charge on any atom is 0.232 e. The molecule has 0 spiro atoms. The summed E-state index contributed by atoms with van der Waals surface area (Å²) in [7, 11) is 2.13. The molecule has 1 N–H and O–H groups in total. The van der Waals surface area contributed by atoms with Gasteiger partial charge in [-0.3, -0.25) is 33.9 Å². The smallest absolute Gasteiger partial charge is 0.232 e. The van der Waals surface area contributed by atoms with Gasteiger partial charge in [-0.25, -0.2) is 0 Å². The SMILES string of the molecule is C.CC1CC(=O)N(C2CC(C)(C)N(C)C(C)(C)C2)C1=O.CC1CC(=O)N(C2CC(C)(C)NC(C)(C)C2)C1=O. The first-order chi connectivity index (χ1) is 16.7. The van der Waals surface area contributed by atoms with Crippen LogP contribution in [0.1, 0.15) is 115 Å². The van der Waals surface area contributed by atoms with Gasteiger partial charge in [0, 0.05) is 58.9 Å². The second-order valence-corrected chi connectivity index (χ2v) is 14.6. The second-order valence-electron chi connectivity index (χ2n) is 14.6. The molecule has 0 bridgehead atoms. The van der Waals surface area contributed by atoms with Crippen molar-refractivity contribution >= 4 is 23.6 Å². The summed E-state index contributed by atoms with van der Waals surface area (Å²) in [5.74, 6) is -0.230. The summed E-state index contributed by atoms with van der Waals surface area (Å²) in [5, 5.41) is 3.58. The molecule has 218 valence electrons. The Balaban J connectivity index is 0.000000260. The van der Waals surface area contributed by atoms with E-state index >= 15 is 0 Å². The van der Waals surface area contributed by atoms with Crippen LogP contribution in [-0.4, -0.2) is 79.6 Å². The largest absolute Gasteiger partial charge is 0.307 e. The Labute approximate surface area is 231 Å². The second kappa shape index (κ2) is 10.6. The van der Waals surface area contributed by atoms with Gasteiger partial charge in [-0.1, -0.05) is 21.3 Å². The maximum atomic E-state index is 12.2. The van der Waals surface area contributed by atoms with Gasteiger partial charge in [0.15, 0.2) is 0 Å². The van der Waals surface area contributed by atoms with Crippen LogP contribution in [0.25, 0.3) is 0 Å². The molecule has 4 fully saturated rings. The molecule has 0 aromatic carbocycles. The van der Waals surface area contributed by atoms with Gasteiger partial charge < -0.3 is 5.32 Å². The highest BCUT2D eigenvalue weighted by atomic mass is 16.2. The van der Waals surface area contributed by atoms with Crippen molar-refractivity contribution in [2.24, 2.45) is 11.8 Å². The summed E-state index contributed by atoms with van der Waals surface area (Å²) in [6.07, 6.45) is 4.14. The summed E-state index contributed by atoms with van der Waals surface area (Å²) in [6.45, 7) is 21.0. The molecule has 0 aromatic rings. The molecule has 38 heavy (non-hydrogen) atoms. The minimum atomic E-state index is -0.140. The highest BCUT2D eigenvalue weighted by Crippen LogP contribution is 2.40. The van der Waals surface area contributed by atoms with E-state index in [2.05, 4.69) is 72.7 Å². The number of rotatable bonds is 2. The molecule has 2 atom stereocenters. The van der Waals surface area contributed by atoms with Gasteiger partial charge in [-0.2, -0.15) is 0 Å². The van der Waals surface area contributed by atoms with Crippen molar-refractivity contribution in [2.75, 3.05) is 7.05 Å². The van der Waals surface area contributed by atoms with Gasteiger partial charge in [0.25, 0.3) is 0 Å². The van der Waals surface area contributed by atoms with E-state index in [-0.39, 0.29) is 77.1 Å². The quantitative estimate of drug-likeness (QED) is 0.530. The Morgan fingerprint density at radius 3 is 1.24 bits per heavy atom. The summed E-state index contributed by atoms with van der Waals surface area (Å²) in [6, 6.07) is 0.0901. The lowest BCUT2D eigenvalue weighted by molar-refractivity contribution is -0.147. The first kappa shape index (κ1) is 32.4. The Morgan fingerprint density at radius 2 is 0.947 bits per heavy atom. The minimum Gasteiger partial charge on any atom is -0.307 e. The molecule has 2 unspecified atom stereocenters. The van der Waals surface area contributed by atoms with Crippen molar-refractivity contribution < 1.29 is 19.2 Å². The van der Waals surface area contributed by atoms with Gasteiger partial charge in [-0.15, -0.1) is 0 Å². The van der Waals surface area contributed by atoms with E-state index in [0.29, 0.717) is 12.8 Å². The molecule has 4 aliphatic rings. The third-order valence-electron chi connectivity index (χ3n) is 9.00. The Bertz CT molecular complexity index is 920. The molecule has 0 aliphatic carbocycles. The number of imide groups is 2. The van der Waals surface area contributed by atoms with Crippen LogP contribution >= 0.6 is 0 Å². The van der Waals surface area contributed by atoms with Crippen LogP contribution < -0.4 is 5.32 Å². The van der Waals surface area contributed by atoms with Crippen molar-refractivity contribution in [2.45, 2.75) is 149 Å². The number of piperidine rings is 2. The van der Waals surface area contributed by atoms with Gasteiger partial charge in [0.2, 0.25) is 23.6 Å². The zero-order valence-electron chi connectivity index (χ0n) is 25.0. The lowest BCUT2D eigenvalue weighted by Crippen LogP contribution is -2.63. The molecule has 4 heterocycles. The van der Waals surface area contributed by atoms with E-state index in [9.17, 15) is 19.2 Å².